The third-order valence-corrected chi connectivity index (χ3v) is 3.47. The van der Waals surface area contributed by atoms with Crippen LogP contribution in [0.2, 0.25) is 0 Å². The second kappa shape index (κ2) is 5.01. The van der Waals surface area contributed by atoms with E-state index >= 15 is 0 Å². The van der Waals surface area contributed by atoms with Gasteiger partial charge in [-0.3, -0.25) is 14.9 Å². The molecule has 1 heterocycles. The van der Waals surface area contributed by atoms with Crippen LogP contribution in [0, 0.1) is 17.0 Å². The van der Waals surface area contributed by atoms with Crippen molar-refractivity contribution in [3.63, 3.8) is 0 Å². The van der Waals surface area contributed by atoms with Crippen molar-refractivity contribution in [2.75, 3.05) is 0 Å². The molecule has 1 saturated carbocycles. The molecule has 3 rings (SSSR count). The molecule has 1 aliphatic carbocycles. The van der Waals surface area contributed by atoms with Gasteiger partial charge in [0.15, 0.2) is 0 Å². The molecular weight excluding hydrogens is 272 g/mol. The summed E-state index contributed by atoms with van der Waals surface area (Å²) >= 11 is 0. The number of nitrogens with one attached hydrogen (secondary N) is 1. The number of aromatic nitrogens is 2. The molecule has 0 bridgehead atoms. The van der Waals surface area contributed by atoms with Gasteiger partial charge in [0.2, 0.25) is 0 Å². The number of nitro groups is 1. The number of carbonyl (C=O) groups is 1. The van der Waals surface area contributed by atoms with E-state index in [0.717, 1.165) is 12.8 Å². The Kier molecular flexibility index (Phi) is 3.17. The van der Waals surface area contributed by atoms with E-state index in [1.165, 1.54) is 18.3 Å². The number of nitro benzene ring substituents is 1. The lowest BCUT2D eigenvalue weighted by molar-refractivity contribution is -0.384. The van der Waals surface area contributed by atoms with Crippen LogP contribution in [0.4, 0.5) is 5.69 Å². The van der Waals surface area contributed by atoms with Gasteiger partial charge in [-0.1, -0.05) is 0 Å². The summed E-state index contributed by atoms with van der Waals surface area (Å²) in [6.45, 7) is 1.80. The normalized spacial score (nSPS) is 14.0. The summed E-state index contributed by atoms with van der Waals surface area (Å²) in [6, 6.07) is 6.35. The number of hydrogen-bond acceptors (Lipinski definition) is 4. The summed E-state index contributed by atoms with van der Waals surface area (Å²) in [5.41, 5.74) is 1.95. The zero-order valence-corrected chi connectivity index (χ0v) is 11.4. The number of benzene rings is 1. The maximum absolute atomic E-state index is 12.1. The molecule has 0 saturated heterocycles. The van der Waals surface area contributed by atoms with Gasteiger partial charge in [0.25, 0.3) is 11.6 Å². The molecular formula is C14H14N4O3. The number of carbonyl (C=O) groups excluding carboxylic acids is 1. The number of nitrogens with zero attached hydrogens (tertiary/aromatic N) is 3. The second-order valence-corrected chi connectivity index (χ2v) is 5.08. The highest BCUT2D eigenvalue weighted by Crippen LogP contribution is 2.21. The lowest BCUT2D eigenvalue weighted by Gasteiger charge is -2.05. The lowest BCUT2D eigenvalue weighted by Crippen LogP contribution is -2.25. The summed E-state index contributed by atoms with van der Waals surface area (Å²) < 4.78 is 1.60. The molecule has 1 fully saturated rings. The Labute approximate surface area is 120 Å². The van der Waals surface area contributed by atoms with Crippen LogP contribution in [-0.4, -0.2) is 26.7 Å². The number of non-ortho nitro benzene ring substituents is 1. The van der Waals surface area contributed by atoms with Crippen LogP contribution in [0.25, 0.3) is 5.69 Å². The van der Waals surface area contributed by atoms with Gasteiger partial charge < -0.3 is 5.32 Å². The molecule has 1 N–H and O–H groups in total. The van der Waals surface area contributed by atoms with Crippen LogP contribution in [-0.2, 0) is 0 Å². The van der Waals surface area contributed by atoms with E-state index < -0.39 is 4.92 Å². The fraction of sp³-hybridized carbons (Fsp3) is 0.286. The Morgan fingerprint density at radius 3 is 2.62 bits per heavy atom. The van der Waals surface area contributed by atoms with Crippen LogP contribution in [0.3, 0.4) is 0 Å². The molecule has 1 amide bonds. The molecule has 21 heavy (non-hydrogen) atoms. The molecule has 0 spiro atoms. The Hall–Kier alpha value is -2.70. The molecule has 7 heteroatoms. The second-order valence-electron chi connectivity index (χ2n) is 5.08. The summed E-state index contributed by atoms with van der Waals surface area (Å²) in [4.78, 5) is 22.2. The molecule has 0 unspecified atom stereocenters. The van der Waals surface area contributed by atoms with E-state index in [2.05, 4.69) is 10.4 Å². The SMILES string of the molecule is Cc1c(C(=O)NC2CC2)cnn1-c1ccc([N+](=O)[O-])cc1. The summed E-state index contributed by atoms with van der Waals surface area (Å²) in [7, 11) is 0. The largest absolute Gasteiger partial charge is 0.349 e. The van der Waals surface area contributed by atoms with Crippen LogP contribution < -0.4 is 5.32 Å². The Balaban J connectivity index is 1.86. The Bertz CT molecular complexity index is 702. The van der Waals surface area contributed by atoms with Gasteiger partial charge in [-0.05, 0) is 31.9 Å². The molecule has 1 aromatic carbocycles. The van der Waals surface area contributed by atoms with Gasteiger partial charge in [0.1, 0.15) is 0 Å². The standard InChI is InChI=1S/C14H14N4O3/c1-9-13(14(19)16-10-2-3-10)8-15-17(9)11-4-6-12(7-5-11)18(20)21/h4-8,10H,2-3H2,1H3,(H,16,19). The first-order chi connectivity index (χ1) is 10.1. The predicted octanol–water partition coefficient (Wildman–Crippen LogP) is 1.98. The van der Waals surface area contributed by atoms with Crippen molar-refractivity contribution in [2.24, 2.45) is 0 Å². The van der Waals surface area contributed by atoms with Crippen molar-refractivity contribution in [3.05, 3.63) is 51.8 Å². The molecule has 0 aliphatic heterocycles. The minimum Gasteiger partial charge on any atom is -0.349 e. The third-order valence-electron chi connectivity index (χ3n) is 3.47. The van der Waals surface area contributed by atoms with Crippen molar-refractivity contribution < 1.29 is 9.72 Å². The van der Waals surface area contributed by atoms with Crippen molar-refractivity contribution in [3.8, 4) is 5.69 Å². The first-order valence-corrected chi connectivity index (χ1v) is 6.66. The number of hydrogen-bond donors (Lipinski definition) is 1. The summed E-state index contributed by atoms with van der Waals surface area (Å²) in [5.74, 6) is -0.122. The van der Waals surface area contributed by atoms with E-state index in [-0.39, 0.29) is 11.6 Å². The monoisotopic (exact) mass is 286 g/mol. The van der Waals surface area contributed by atoms with Gasteiger partial charge in [0.05, 0.1) is 28.1 Å². The number of amides is 1. The van der Waals surface area contributed by atoms with E-state index in [0.29, 0.717) is 23.0 Å². The molecule has 0 radical (unpaired) electrons. The summed E-state index contributed by atoms with van der Waals surface area (Å²) in [6.07, 6.45) is 3.58. The van der Waals surface area contributed by atoms with Crippen molar-refractivity contribution in [2.45, 2.75) is 25.8 Å². The Morgan fingerprint density at radius 1 is 1.38 bits per heavy atom. The maximum atomic E-state index is 12.1. The smallest absolute Gasteiger partial charge is 0.269 e. The average molecular weight is 286 g/mol. The average Bonchev–Trinajstić information content (AvgIpc) is 3.19. The zero-order chi connectivity index (χ0) is 15.0. The first kappa shape index (κ1) is 13.3. The van der Waals surface area contributed by atoms with Crippen molar-refractivity contribution in [1.29, 1.82) is 0 Å². The maximum Gasteiger partial charge on any atom is 0.269 e. The van der Waals surface area contributed by atoms with Gasteiger partial charge >= 0.3 is 0 Å². The first-order valence-electron chi connectivity index (χ1n) is 6.66. The van der Waals surface area contributed by atoms with E-state index in [4.69, 9.17) is 0 Å². The quantitative estimate of drug-likeness (QED) is 0.687. The molecule has 1 aromatic heterocycles. The van der Waals surface area contributed by atoms with Crippen molar-refractivity contribution in [1.82, 2.24) is 15.1 Å². The molecule has 2 aromatic rings. The van der Waals surface area contributed by atoms with Gasteiger partial charge in [0, 0.05) is 18.2 Å². The molecule has 7 nitrogen and oxygen atoms in total. The molecule has 0 atom stereocenters. The van der Waals surface area contributed by atoms with E-state index in [1.54, 1.807) is 23.7 Å². The summed E-state index contributed by atoms with van der Waals surface area (Å²) in [5, 5.41) is 17.8. The Morgan fingerprint density at radius 2 is 2.05 bits per heavy atom. The van der Waals surface area contributed by atoms with Crippen molar-refractivity contribution >= 4 is 11.6 Å². The third kappa shape index (κ3) is 2.62. The molecule has 108 valence electrons. The predicted molar refractivity (Wildman–Crippen MR) is 75.4 cm³/mol. The van der Waals surface area contributed by atoms with Crippen LogP contribution in [0.15, 0.2) is 30.5 Å². The lowest BCUT2D eigenvalue weighted by atomic mass is 10.2. The van der Waals surface area contributed by atoms with Gasteiger partial charge in [-0.2, -0.15) is 5.10 Å². The highest BCUT2D eigenvalue weighted by atomic mass is 16.6. The van der Waals surface area contributed by atoms with Gasteiger partial charge in [-0.25, -0.2) is 4.68 Å². The van der Waals surface area contributed by atoms with Crippen LogP contribution in [0.1, 0.15) is 28.9 Å². The van der Waals surface area contributed by atoms with Crippen LogP contribution >= 0.6 is 0 Å². The van der Waals surface area contributed by atoms with E-state index in [9.17, 15) is 14.9 Å². The number of rotatable bonds is 4. The highest BCUT2D eigenvalue weighted by molar-refractivity contribution is 5.95. The van der Waals surface area contributed by atoms with Crippen LogP contribution in [0.5, 0.6) is 0 Å². The minimum absolute atomic E-state index is 0.0234. The highest BCUT2D eigenvalue weighted by Gasteiger charge is 2.25. The zero-order valence-electron chi connectivity index (χ0n) is 11.4. The fourth-order valence-electron chi connectivity index (χ4n) is 2.10. The topological polar surface area (TPSA) is 90.1 Å². The fourth-order valence-corrected chi connectivity index (χ4v) is 2.10. The van der Waals surface area contributed by atoms with E-state index in [1.807, 2.05) is 0 Å². The van der Waals surface area contributed by atoms with Gasteiger partial charge in [-0.15, -0.1) is 0 Å². The minimum atomic E-state index is -0.450. The molecule has 1 aliphatic rings.